The van der Waals surface area contributed by atoms with E-state index in [2.05, 4.69) is 10.2 Å². The highest BCUT2D eigenvalue weighted by Crippen LogP contribution is 2.17. The molecule has 2 aromatic rings. The molecule has 0 saturated carbocycles. The highest BCUT2D eigenvalue weighted by molar-refractivity contribution is 6.33. The zero-order valence-corrected chi connectivity index (χ0v) is 13.6. The van der Waals surface area contributed by atoms with Crippen LogP contribution in [0.4, 0.5) is 0 Å². The van der Waals surface area contributed by atoms with Gasteiger partial charge in [0.2, 0.25) is 0 Å². The Morgan fingerprint density at radius 2 is 2.10 bits per heavy atom. The Balaban J connectivity index is 2.15. The number of amides is 1. The van der Waals surface area contributed by atoms with Crippen molar-refractivity contribution >= 4 is 17.5 Å². The number of rotatable bonds is 5. The Kier molecular flexibility index (Phi) is 4.67. The first-order chi connectivity index (χ1) is 9.97. The number of nitrogens with zero attached hydrogens (tertiary/aromatic N) is 5. The summed E-state index contributed by atoms with van der Waals surface area (Å²) in [4.78, 5) is 14.0. The van der Waals surface area contributed by atoms with Gasteiger partial charge in [-0.25, -0.2) is 0 Å². The number of halogens is 1. The van der Waals surface area contributed by atoms with Crippen LogP contribution in [0.3, 0.4) is 0 Å². The molecule has 114 valence electrons. The summed E-state index contributed by atoms with van der Waals surface area (Å²) in [7, 11) is 1.74. The Labute approximate surface area is 129 Å². The molecule has 6 nitrogen and oxygen atoms in total. The topological polar surface area (TPSA) is 56.0 Å². The molecule has 1 amide bonds. The van der Waals surface area contributed by atoms with E-state index >= 15 is 0 Å². The SMILES string of the molecule is CCn1cc(Cl)c(C(=O)N(C)Cc2cnn(CC)c2C)n1. The fraction of sp³-hybridized carbons (Fsp3) is 0.500. The maximum absolute atomic E-state index is 12.4. The standard InChI is InChI=1S/C14H20ClN5O/c1-5-19-9-12(15)13(17-19)14(21)18(4)8-11-7-16-20(6-2)10(11)3/h7,9H,5-6,8H2,1-4H3. The van der Waals surface area contributed by atoms with Crippen LogP contribution < -0.4 is 0 Å². The highest BCUT2D eigenvalue weighted by Gasteiger charge is 2.20. The molecule has 0 fully saturated rings. The van der Waals surface area contributed by atoms with Gasteiger partial charge in [0, 0.05) is 44.1 Å². The van der Waals surface area contributed by atoms with Gasteiger partial charge in [0.15, 0.2) is 5.69 Å². The molecule has 0 aliphatic heterocycles. The average molecular weight is 310 g/mol. The largest absolute Gasteiger partial charge is 0.336 e. The lowest BCUT2D eigenvalue weighted by Crippen LogP contribution is -2.27. The number of aryl methyl sites for hydroxylation is 2. The molecular formula is C14H20ClN5O. The Hall–Kier alpha value is -1.82. The minimum absolute atomic E-state index is 0.184. The first-order valence-electron chi connectivity index (χ1n) is 6.97. The van der Waals surface area contributed by atoms with E-state index in [1.165, 1.54) is 0 Å². The van der Waals surface area contributed by atoms with Crippen molar-refractivity contribution in [3.63, 3.8) is 0 Å². The van der Waals surface area contributed by atoms with Gasteiger partial charge in [-0.05, 0) is 20.8 Å². The van der Waals surface area contributed by atoms with Crippen molar-refractivity contribution < 1.29 is 4.79 Å². The molecule has 0 radical (unpaired) electrons. The zero-order chi connectivity index (χ0) is 15.6. The van der Waals surface area contributed by atoms with Crippen molar-refractivity contribution in [1.29, 1.82) is 0 Å². The van der Waals surface area contributed by atoms with E-state index in [1.807, 2.05) is 25.5 Å². The predicted molar refractivity (Wildman–Crippen MR) is 81.3 cm³/mol. The lowest BCUT2D eigenvalue weighted by atomic mass is 10.2. The number of hydrogen-bond donors (Lipinski definition) is 0. The minimum atomic E-state index is -0.184. The van der Waals surface area contributed by atoms with Gasteiger partial charge in [-0.2, -0.15) is 10.2 Å². The van der Waals surface area contributed by atoms with Crippen LogP contribution in [0.1, 0.15) is 35.6 Å². The molecule has 0 bridgehead atoms. The first kappa shape index (κ1) is 15.6. The van der Waals surface area contributed by atoms with E-state index in [9.17, 15) is 4.79 Å². The molecule has 0 aliphatic carbocycles. The molecule has 0 unspecified atom stereocenters. The number of hydrogen-bond acceptors (Lipinski definition) is 3. The molecular weight excluding hydrogens is 290 g/mol. The Morgan fingerprint density at radius 1 is 1.38 bits per heavy atom. The van der Waals surface area contributed by atoms with E-state index in [4.69, 9.17) is 11.6 Å². The van der Waals surface area contributed by atoms with Crippen LogP contribution in [0.5, 0.6) is 0 Å². The van der Waals surface area contributed by atoms with Gasteiger partial charge in [0.05, 0.1) is 11.2 Å². The summed E-state index contributed by atoms with van der Waals surface area (Å²) >= 11 is 6.08. The van der Waals surface area contributed by atoms with E-state index in [-0.39, 0.29) is 5.91 Å². The van der Waals surface area contributed by atoms with Gasteiger partial charge in [0.1, 0.15) is 0 Å². The molecule has 0 N–H and O–H groups in total. The normalized spacial score (nSPS) is 10.9. The van der Waals surface area contributed by atoms with Gasteiger partial charge in [0.25, 0.3) is 5.91 Å². The minimum Gasteiger partial charge on any atom is -0.336 e. The highest BCUT2D eigenvalue weighted by atomic mass is 35.5. The summed E-state index contributed by atoms with van der Waals surface area (Å²) in [5, 5.41) is 8.88. The fourth-order valence-corrected chi connectivity index (χ4v) is 2.40. The second-order valence-electron chi connectivity index (χ2n) is 4.91. The van der Waals surface area contributed by atoms with Gasteiger partial charge in [-0.3, -0.25) is 14.2 Å². The third kappa shape index (κ3) is 3.10. The quantitative estimate of drug-likeness (QED) is 0.852. The van der Waals surface area contributed by atoms with Crippen molar-refractivity contribution in [1.82, 2.24) is 24.5 Å². The van der Waals surface area contributed by atoms with Crippen LogP contribution in [-0.4, -0.2) is 37.4 Å². The van der Waals surface area contributed by atoms with Gasteiger partial charge in [-0.1, -0.05) is 11.6 Å². The summed E-state index contributed by atoms with van der Waals surface area (Å²) in [5.41, 5.74) is 2.39. The predicted octanol–water partition coefficient (Wildman–Crippen LogP) is 2.35. The average Bonchev–Trinajstić information content (AvgIpc) is 3.01. The summed E-state index contributed by atoms with van der Waals surface area (Å²) in [6, 6.07) is 0. The lowest BCUT2D eigenvalue weighted by Gasteiger charge is -2.16. The Morgan fingerprint density at radius 3 is 2.62 bits per heavy atom. The molecule has 0 saturated heterocycles. The van der Waals surface area contributed by atoms with Crippen LogP contribution in [0.15, 0.2) is 12.4 Å². The van der Waals surface area contributed by atoms with Crippen LogP contribution in [0.2, 0.25) is 5.02 Å². The van der Waals surface area contributed by atoms with E-state index in [0.29, 0.717) is 23.8 Å². The number of aromatic nitrogens is 4. The molecule has 0 atom stereocenters. The van der Waals surface area contributed by atoms with Crippen LogP contribution in [0.25, 0.3) is 0 Å². The second-order valence-corrected chi connectivity index (χ2v) is 5.32. The van der Waals surface area contributed by atoms with Gasteiger partial charge >= 0.3 is 0 Å². The van der Waals surface area contributed by atoms with Gasteiger partial charge < -0.3 is 4.90 Å². The molecule has 2 aromatic heterocycles. The smallest absolute Gasteiger partial charge is 0.275 e. The first-order valence-corrected chi connectivity index (χ1v) is 7.35. The molecule has 0 aromatic carbocycles. The molecule has 21 heavy (non-hydrogen) atoms. The number of carbonyl (C=O) groups is 1. The molecule has 2 heterocycles. The summed E-state index contributed by atoms with van der Waals surface area (Å²) in [6.07, 6.45) is 3.47. The van der Waals surface area contributed by atoms with Crippen molar-refractivity contribution in [2.24, 2.45) is 0 Å². The fourth-order valence-electron chi connectivity index (χ4n) is 2.17. The van der Waals surface area contributed by atoms with Crippen molar-refractivity contribution in [3.8, 4) is 0 Å². The monoisotopic (exact) mass is 309 g/mol. The third-order valence-electron chi connectivity index (χ3n) is 3.50. The van der Waals surface area contributed by atoms with E-state index in [1.54, 1.807) is 29.0 Å². The van der Waals surface area contributed by atoms with E-state index < -0.39 is 0 Å². The van der Waals surface area contributed by atoms with Crippen molar-refractivity contribution in [2.45, 2.75) is 40.4 Å². The summed E-state index contributed by atoms with van der Waals surface area (Å²) in [5.74, 6) is -0.184. The van der Waals surface area contributed by atoms with Crippen LogP contribution >= 0.6 is 11.6 Å². The molecule has 0 spiro atoms. The van der Waals surface area contributed by atoms with Crippen molar-refractivity contribution in [2.75, 3.05) is 7.05 Å². The molecule has 2 rings (SSSR count). The zero-order valence-electron chi connectivity index (χ0n) is 12.8. The van der Waals surface area contributed by atoms with Gasteiger partial charge in [-0.15, -0.1) is 0 Å². The van der Waals surface area contributed by atoms with E-state index in [0.717, 1.165) is 17.8 Å². The molecule has 7 heteroatoms. The maximum atomic E-state index is 12.4. The second kappa shape index (κ2) is 6.30. The van der Waals surface area contributed by atoms with Crippen molar-refractivity contribution in [3.05, 3.63) is 34.4 Å². The summed E-state index contributed by atoms with van der Waals surface area (Å²) < 4.78 is 3.57. The summed E-state index contributed by atoms with van der Waals surface area (Å²) in [6.45, 7) is 7.97. The lowest BCUT2D eigenvalue weighted by molar-refractivity contribution is 0.0778. The Bertz CT molecular complexity index is 646. The molecule has 0 aliphatic rings. The van der Waals surface area contributed by atoms with Crippen LogP contribution in [-0.2, 0) is 19.6 Å². The van der Waals surface area contributed by atoms with Crippen LogP contribution in [0, 0.1) is 6.92 Å². The maximum Gasteiger partial charge on any atom is 0.275 e. The number of carbonyl (C=O) groups excluding carboxylic acids is 1. The third-order valence-corrected chi connectivity index (χ3v) is 3.78.